The molecule has 0 bridgehead atoms. The average Bonchev–Trinajstić information content (AvgIpc) is 3.08. The molecule has 0 aliphatic rings. The van der Waals surface area contributed by atoms with Gasteiger partial charge in [-0.05, 0) is 23.6 Å². The quantitative estimate of drug-likeness (QED) is 0.774. The Kier molecular flexibility index (Phi) is 3.59. The van der Waals surface area contributed by atoms with E-state index in [0.29, 0.717) is 0 Å². The van der Waals surface area contributed by atoms with Crippen LogP contribution in [0.4, 0.5) is 5.82 Å². The molecule has 0 saturated heterocycles. The van der Waals surface area contributed by atoms with Crippen LogP contribution in [0.15, 0.2) is 41.9 Å². The van der Waals surface area contributed by atoms with Crippen molar-refractivity contribution in [1.29, 1.82) is 0 Å². The van der Waals surface area contributed by atoms with Crippen molar-refractivity contribution in [3.8, 4) is 0 Å². The summed E-state index contributed by atoms with van der Waals surface area (Å²) >= 11 is 9.37. The number of halogens is 1. The van der Waals surface area contributed by atoms with Crippen LogP contribution in [0.25, 0.3) is 0 Å². The number of nitrogens with zero attached hydrogens (tertiary/aromatic N) is 2. The molecule has 0 aromatic carbocycles. The highest BCUT2D eigenvalue weighted by molar-refractivity contribution is 7.16. The second-order valence-corrected chi connectivity index (χ2v) is 6.84. The lowest BCUT2D eigenvalue weighted by Gasteiger charge is -2.15. The number of rotatable bonds is 4. The Labute approximate surface area is 124 Å². The Hall–Kier alpha value is -1.30. The van der Waals surface area contributed by atoms with Gasteiger partial charge < -0.3 is 5.32 Å². The Bertz CT molecular complexity index is 657. The van der Waals surface area contributed by atoms with Gasteiger partial charge in [0.1, 0.15) is 5.82 Å². The molecule has 0 aliphatic carbocycles. The number of aromatic nitrogens is 2. The van der Waals surface area contributed by atoms with E-state index in [4.69, 9.17) is 11.6 Å². The molecule has 0 saturated carbocycles. The standard InChI is InChI=1S/C13H12ClN3S2/c1-17-7-6-12(16-17)15-13(9-3-2-8-18-9)10-4-5-11(14)19-10/h2-8,13H,1H3,(H,15,16). The van der Waals surface area contributed by atoms with Gasteiger partial charge in [0.15, 0.2) is 0 Å². The molecule has 1 unspecified atom stereocenters. The fraction of sp³-hybridized carbons (Fsp3) is 0.154. The molecule has 3 heterocycles. The fourth-order valence-corrected chi connectivity index (χ4v) is 3.86. The van der Waals surface area contributed by atoms with Crippen molar-refractivity contribution >= 4 is 40.1 Å². The summed E-state index contributed by atoms with van der Waals surface area (Å²) in [5, 5.41) is 9.92. The van der Waals surface area contributed by atoms with E-state index >= 15 is 0 Å². The Balaban J connectivity index is 1.93. The second kappa shape index (κ2) is 5.36. The van der Waals surface area contributed by atoms with Crippen LogP contribution < -0.4 is 5.32 Å². The molecule has 1 atom stereocenters. The van der Waals surface area contributed by atoms with Crippen LogP contribution in [-0.4, -0.2) is 9.78 Å². The monoisotopic (exact) mass is 309 g/mol. The van der Waals surface area contributed by atoms with Crippen molar-refractivity contribution in [3.63, 3.8) is 0 Å². The van der Waals surface area contributed by atoms with Gasteiger partial charge in [-0.25, -0.2) is 0 Å². The number of hydrogen-bond acceptors (Lipinski definition) is 4. The van der Waals surface area contributed by atoms with Crippen LogP contribution in [0.1, 0.15) is 15.8 Å². The fourth-order valence-electron chi connectivity index (χ4n) is 1.86. The maximum absolute atomic E-state index is 6.05. The third-order valence-electron chi connectivity index (χ3n) is 2.71. The average molecular weight is 310 g/mol. The van der Waals surface area contributed by atoms with Crippen molar-refractivity contribution < 1.29 is 0 Å². The van der Waals surface area contributed by atoms with Crippen molar-refractivity contribution in [2.45, 2.75) is 6.04 Å². The van der Waals surface area contributed by atoms with Gasteiger partial charge in [-0.1, -0.05) is 17.7 Å². The molecule has 3 aromatic rings. The lowest BCUT2D eigenvalue weighted by Crippen LogP contribution is -2.10. The number of thiophene rings is 2. The maximum atomic E-state index is 6.05. The molecule has 3 rings (SSSR count). The molecule has 1 N–H and O–H groups in total. The van der Waals surface area contributed by atoms with Gasteiger partial charge in [0.05, 0.1) is 10.4 Å². The van der Waals surface area contributed by atoms with Gasteiger partial charge in [-0.3, -0.25) is 4.68 Å². The normalized spacial score (nSPS) is 12.5. The molecule has 0 radical (unpaired) electrons. The van der Waals surface area contributed by atoms with Crippen molar-refractivity contribution in [2.24, 2.45) is 7.05 Å². The van der Waals surface area contributed by atoms with Crippen molar-refractivity contribution in [3.05, 3.63) is 56.0 Å². The van der Waals surface area contributed by atoms with E-state index in [1.165, 1.54) is 9.75 Å². The lowest BCUT2D eigenvalue weighted by atomic mass is 10.2. The number of nitrogens with one attached hydrogen (secondary N) is 1. The highest BCUT2D eigenvalue weighted by Crippen LogP contribution is 2.35. The maximum Gasteiger partial charge on any atom is 0.148 e. The zero-order chi connectivity index (χ0) is 13.2. The van der Waals surface area contributed by atoms with E-state index in [2.05, 4.69) is 34.0 Å². The molecule has 0 fully saturated rings. The van der Waals surface area contributed by atoms with Crippen molar-refractivity contribution in [1.82, 2.24) is 9.78 Å². The number of aryl methyl sites for hydroxylation is 1. The van der Waals surface area contributed by atoms with Gasteiger partial charge in [0, 0.05) is 29.1 Å². The molecular formula is C13H12ClN3S2. The van der Waals surface area contributed by atoms with Crippen LogP contribution >= 0.6 is 34.3 Å². The summed E-state index contributed by atoms with van der Waals surface area (Å²) in [4.78, 5) is 2.45. The van der Waals surface area contributed by atoms with Crippen LogP contribution in [0.5, 0.6) is 0 Å². The summed E-state index contributed by atoms with van der Waals surface area (Å²) in [5.74, 6) is 0.866. The van der Waals surface area contributed by atoms with E-state index in [0.717, 1.165) is 10.2 Å². The molecule has 3 aromatic heterocycles. The summed E-state index contributed by atoms with van der Waals surface area (Å²) in [5.41, 5.74) is 0. The number of hydrogen-bond donors (Lipinski definition) is 1. The zero-order valence-electron chi connectivity index (χ0n) is 10.2. The molecular weight excluding hydrogens is 298 g/mol. The summed E-state index contributed by atoms with van der Waals surface area (Å²) in [6, 6.07) is 10.2. The first-order valence-electron chi connectivity index (χ1n) is 5.77. The first-order valence-corrected chi connectivity index (χ1v) is 7.84. The van der Waals surface area contributed by atoms with E-state index < -0.39 is 0 Å². The highest BCUT2D eigenvalue weighted by Gasteiger charge is 2.18. The molecule has 0 spiro atoms. The van der Waals surface area contributed by atoms with Crippen LogP contribution in [0.3, 0.4) is 0 Å². The van der Waals surface area contributed by atoms with Crippen LogP contribution in [0, 0.1) is 0 Å². The summed E-state index contributed by atoms with van der Waals surface area (Å²) in [7, 11) is 1.91. The summed E-state index contributed by atoms with van der Waals surface area (Å²) < 4.78 is 2.59. The zero-order valence-corrected chi connectivity index (χ0v) is 12.6. The van der Waals surface area contributed by atoms with Gasteiger partial charge in [-0.2, -0.15) is 5.10 Å². The van der Waals surface area contributed by atoms with Gasteiger partial charge in [0.25, 0.3) is 0 Å². The third kappa shape index (κ3) is 2.83. The third-order valence-corrected chi connectivity index (χ3v) is 4.95. The topological polar surface area (TPSA) is 29.9 Å². The van der Waals surface area contributed by atoms with E-state index in [1.54, 1.807) is 27.4 Å². The van der Waals surface area contributed by atoms with Gasteiger partial charge in [0.2, 0.25) is 0 Å². The summed E-state index contributed by atoms with van der Waals surface area (Å²) in [6.07, 6.45) is 1.93. The largest absolute Gasteiger partial charge is 0.356 e. The number of anilines is 1. The molecule has 19 heavy (non-hydrogen) atoms. The molecule has 98 valence electrons. The Morgan fingerprint density at radius 1 is 1.26 bits per heavy atom. The van der Waals surface area contributed by atoms with Crippen LogP contribution in [-0.2, 0) is 7.05 Å². The molecule has 3 nitrogen and oxygen atoms in total. The molecule has 0 amide bonds. The second-order valence-electron chi connectivity index (χ2n) is 4.11. The van der Waals surface area contributed by atoms with Crippen molar-refractivity contribution in [2.75, 3.05) is 5.32 Å². The predicted octanol–water partition coefficient (Wildman–Crippen LogP) is 4.40. The van der Waals surface area contributed by atoms with E-state index in [1.807, 2.05) is 25.4 Å². The Morgan fingerprint density at radius 2 is 2.16 bits per heavy atom. The molecule has 6 heteroatoms. The minimum absolute atomic E-state index is 0.104. The predicted molar refractivity (Wildman–Crippen MR) is 82.3 cm³/mol. The first-order chi connectivity index (χ1) is 9.22. The highest BCUT2D eigenvalue weighted by atomic mass is 35.5. The first kappa shape index (κ1) is 12.7. The lowest BCUT2D eigenvalue weighted by molar-refractivity contribution is 0.765. The van der Waals surface area contributed by atoms with E-state index in [9.17, 15) is 0 Å². The smallest absolute Gasteiger partial charge is 0.148 e. The van der Waals surface area contributed by atoms with Crippen LogP contribution in [0.2, 0.25) is 4.34 Å². The molecule has 0 aliphatic heterocycles. The van der Waals surface area contributed by atoms with Gasteiger partial charge >= 0.3 is 0 Å². The Morgan fingerprint density at radius 3 is 2.74 bits per heavy atom. The minimum atomic E-state index is 0.104. The van der Waals surface area contributed by atoms with E-state index in [-0.39, 0.29) is 6.04 Å². The van der Waals surface area contributed by atoms with Gasteiger partial charge in [-0.15, -0.1) is 22.7 Å². The SMILES string of the molecule is Cn1ccc(NC(c2cccs2)c2ccc(Cl)s2)n1. The summed E-state index contributed by atoms with van der Waals surface area (Å²) in [6.45, 7) is 0. The minimum Gasteiger partial charge on any atom is -0.356 e.